The quantitative estimate of drug-likeness (QED) is 0.718. The van der Waals surface area contributed by atoms with E-state index < -0.39 is 0 Å². The minimum atomic E-state index is 0.439. The Morgan fingerprint density at radius 3 is 2.81 bits per heavy atom. The van der Waals surface area contributed by atoms with E-state index in [1.54, 1.807) is 0 Å². The number of piperazine rings is 1. The summed E-state index contributed by atoms with van der Waals surface area (Å²) >= 11 is 0. The van der Waals surface area contributed by atoms with Gasteiger partial charge in [0.1, 0.15) is 0 Å². The first kappa shape index (κ1) is 11.4. The van der Waals surface area contributed by atoms with Gasteiger partial charge in [-0.05, 0) is 25.5 Å². The maximum absolute atomic E-state index is 3.58. The zero-order valence-electron chi connectivity index (χ0n) is 10.1. The molecule has 1 heterocycles. The number of benzene rings is 1. The molecule has 0 amide bonds. The van der Waals surface area contributed by atoms with Crippen LogP contribution in [-0.2, 0) is 0 Å². The largest absolute Gasteiger partial charge is 0.381 e. The summed E-state index contributed by atoms with van der Waals surface area (Å²) in [5.74, 6) is 0. The summed E-state index contributed by atoms with van der Waals surface area (Å²) in [4.78, 5) is 0. The van der Waals surface area contributed by atoms with Crippen molar-refractivity contribution in [2.45, 2.75) is 25.9 Å². The fraction of sp³-hybridized carbons (Fsp3) is 0.538. The van der Waals surface area contributed by atoms with Crippen molar-refractivity contribution >= 4 is 5.69 Å². The first-order valence-corrected chi connectivity index (χ1v) is 6.03. The first-order valence-electron chi connectivity index (χ1n) is 6.03. The standard InChI is InChI=1S/C13H21N3/c1-10-5-3-4-6-12(10)16-11(2)13-9-14-7-8-15-13/h3-6,11,13-16H,7-9H2,1-2H3. The molecule has 2 atom stereocenters. The lowest BCUT2D eigenvalue weighted by molar-refractivity contribution is 0.389. The highest BCUT2D eigenvalue weighted by molar-refractivity contribution is 5.51. The molecule has 1 saturated heterocycles. The lowest BCUT2D eigenvalue weighted by Gasteiger charge is -2.31. The van der Waals surface area contributed by atoms with Crippen LogP contribution in [0.3, 0.4) is 0 Å². The molecule has 1 fully saturated rings. The number of hydrogen-bond acceptors (Lipinski definition) is 3. The number of nitrogens with one attached hydrogen (secondary N) is 3. The van der Waals surface area contributed by atoms with Crippen LogP contribution < -0.4 is 16.0 Å². The molecule has 0 bridgehead atoms. The fourth-order valence-corrected chi connectivity index (χ4v) is 2.11. The van der Waals surface area contributed by atoms with E-state index in [4.69, 9.17) is 0 Å². The highest BCUT2D eigenvalue weighted by Crippen LogP contribution is 2.15. The molecule has 1 aromatic rings. The van der Waals surface area contributed by atoms with Gasteiger partial charge in [0.25, 0.3) is 0 Å². The van der Waals surface area contributed by atoms with Crippen molar-refractivity contribution in [1.82, 2.24) is 10.6 Å². The highest BCUT2D eigenvalue weighted by atomic mass is 15.1. The summed E-state index contributed by atoms with van der Waals surface area (Å²) in [7, 11) is 0. The molecule has 3 nitrogen and oxygen atoms in total. The Balaban J connectivity index is 1.96. The second-order valence-corrected chi connectivity index (χ2v) is 4.51. The molecule has 88 valence electrons. The Bertz CT molecular complexity index is 332. The SMILES string of the molecule is Cc1ccccc1NC(C)C1CNCCN1. The number of rotatable bonds is 3. The molecule has 0 aliphatic carbocycles. The second-order valence-electron chi connectivity index (χ2n) is 4.51. The van der Waals surface area contributed by atoms with Crippen LogP contribution in [0.25, 0.3) is 0 Å². The van der Waals surface area contributed by atoms with Crippen LogP contribution in [0.15, 0.2) is 24.3 Å². The molecule has 2 unspecified atom stereocenters. The van der Waals surface area contributed by atoms with Gasteiger partial charge in [0.15, 0.2) is 0 Å². The van der Waals surface area contributed by atoms with Gasteiger partial charge < -0.3 is 16.0 Å². The maximum atomic E-state index is 3.58. The number of anilines is 1. The van der Waals surface area contributed by atoms with Crippen LogP contribution in [0.2, 0.25) is 0 Å². The number of hydrogen-bond donors (Lipinski definition) is 3. The van der Waals surface area contributed by atoms with Crippen LogP contribution in [0.5, 0.6) is 0 Å². The second kappa shape index (κ2) is 5.32. The van der Waals surface area contributed by atoms with Crippen LogP contribution in [-0.4, -0.2) is 31.7 Å². The molecule has 3 heteroatoms. The van der Waals surface area contributed by atoms with Crippen molar-refractivity contribution in [1.29, 1.82) is 0 Å². The zero-order chi connectivity index (χ0) is 11.4. The van der Waals surface area contributed by atoms with Crippen LogP contribution >= 0.6 is 0 Å². The summed E-state index contributed by atoms with van der Waals surface area (Å²) in [6.45, 7) is 7.55. The van der Waals surface area contributed by atoms with E-state index in [9.17, 15) is 0 Å². The number of para-hydroxylation sites is 1. The minimum absolute atomic E-state index is 0.439. The van der Waals surface area contributed by atoms with Crippen molar-refractivity contribution in [2.24, 2.45) is 0 Å². The van der Waals surface area contributed by atoms with Crippen LogP contribution in [0.1, 0.15) is 12.5 Å². The fourth-order valence-electron chi connectivity index (χ4n) is 2.11. The lowest BCUT2D eigenvalue weighted by atomic mass is 10.1. The zero-order valence-corrected chi connectivity index (χ0v) is 10.1. The third-order valence-corrected chi connectivity index (χ3v) is 3.20. The van der Waals surface area contributed by atoms with Crippen molar-refractivity contribution in [3.63, 3.8) is 0 Å². The van der Waals surface area contributed by atoms with Gasteiger partial charge in [-0.2, -0.15) is 0 Å². The molecule has 0 saturated carbocycles. The number of aryl methyl sites for hydroxylation is 1. The summed E-state index contributed by atoms with van der Waals surface area (Å²) in [6.07, 6.45) is 0. The van der Waals surface area contributed by atoms with E-state index in [2.05, 4.69) is 54.1 Å². The molecule has 1 aliphatic rings. The Morgan fingerprint density at radius 2 is 2.12 bits per heavy atom. The van der Waals surface area contributed by atoms with E-state index in [0.29, 0.717) is 12.1 Å². The third kappa shape index (κ3) is 2.74. The molecule has 2 rings (SSSR count). The monoisotopic (exact) mass is 219 g/mol. The Kier molecular flexibility index (Phi) is 3.80. The Morgan fingerprint density at radius 1 is 1.31 bits per heavy atom. The topological polar surface area (TPSA) is 36.1 Å². The van der Waals surface area contributed by atoms with Gasteiger partial charge in [-0.1, -0.05) is 18.2 Å². The van der Waals surface area contributed by atoms with Gasteiger partial charge in [-0.15, -0.1) is 0 Å². The molecule has 0 spiro atoms. The normalized spacial score (nSPS) is 22.8. The molecule has 1 aromatic carbocycles. The summed E-state index contributed by atoms with van der Waals surface area (Å²) in [5.41, 5.74) is 2.54. The molecule has 1 aliphatic heterocycles. The first-order chi connectivity index (χ1) is 7.77. The lowest BCUT2D eigenvalue weighted by Crippen LogP contribution is -2.55. The van der Waals surface area contributed by atoms with Crippen LogP contribution in [0.4, 0.5) is 5.69 Å². The summed E-state index contributed by atoms with van der Waals surface area (Å²) < 4.78 is 0. The molecular weight excluding hydrogens is 198 g/mol. The molecular formula is C13H21N3. The third-order valence-electron chi connectivity index (χ3n) is 3.20. The van der Waals surface area contributed by atoms with E-state index in [1.807, 2.05) is 0 Å². The van der Waals surface area contributed by atoms with Gasteiger partial charge >= 0.3 is 0 Å². The molecule has 0 aromatic heterocycles. The predicted octanol–water partition coefficient (Wildman–Crippen LogP) is 1.36. The van der Waals surface area contributed by atoms with Crippen LogP contribution in [0, 0.1) is 6.92 Å². The Labute approximate surface area is 97.6 Å². The average molecular weight is 219 g/mol. The van der Waals surface area contributed by atoms with Gasteiger partial charge in [-0.25, -0.2) is 0 Å². The Hall–Kier alpha value is -1.06. The predicted molar refractivity (Wildman–Crippen MR) is 68.9 cm³/mol. The summed E-state index contributed by atoms with van der Waals surface area (Å²) in [5, 5.41) is 10.5. The summed E-state index contributed by atoms with van der Waals surface area (Å²) in [6, 6.07) is 9.38. The molecule has 0 radical (unpaired) electrons. The minimum Gasteiger partial charge on any atom is -0.381 e. The maximum Gasteiger partial charge on any atom is 0.0398 e. The van der Waals surface area contributed by atoms with E-state index in [-0.39, 0.29) is 0 Å². The van der Waals surface area contributed by atoms with E-state index in [1.165, 1.54) is 11.3 Å². The van der Waals surface area contributed by atoms with Crippen molar-refractivity contribution in [3.05, 3.63) is 29.8 Å². The van der Waals surface area contributed by atoms with Gasteiger partial charge in [0.05, 0.1) is 0 Å². The highest BCUT2D eigenvalue weighted by Gasteiger charge is 2.19. The average Bonchev–Trinajstić information content (AvgIpc) is 2.33. The van der Waals surface area contributed by atoms with Crippen molar-refractivity contribution < 1.29 is 0 Å². The van der Waals surface area contributed by atoms with Crippen molar-refractivity contribution in [2.75, 3.05) is 25.0 Å². The van der Waals surface area contributed by atoms with Gasteiger partial charge in [0, 0.05) is 37.4 Å². The van der Waals surface area contributed by atoms with Gasteiger partial charge in [0.2, 0.25) is 0 Å². The van der Waals surface area contributed by atoms with E-state index >= 15 is 0 Å². The van der Waals surface area contributed by atoms with E-state index in [0.717, 1.165) is 19.6 Å². The molecule has 3 N–H and O–H groups in total. The smallest absolute Gasteiger partial charge is 0.0398 e. The van der Waals surface area contributed by atoms with Gasteiger partial charge in [-0.3, -0.25) is 0 Å². The molecule has 16 heavy (non-hydrogen) atoms. The van der Waals surface area contributed by atoms with Crippen molar-refractivity contribution in [3.8, 4) is 0 Å².